The number of hydrogen-bond acceptors (Lipinski definition) is 3. The van der Waals surface area contributed by atoms with Crippen molar-refractivity contribution in [2.75, 3.05) is 6.61 Å². The second-order valence-electron chi connectivity index (χ2n) is 4.71. The average Bonchev–Trinajstić information content (AvgIpc) is 2.59. The fraction of sp³-hybridized carbons (Fsp3) is 0.600. The molecule has 0 atom stereocenters. The van der Waals surface area contributed by atoms with Crippen LogP contribution in [0.1, 0.15) is 11.5 Å². The maximum absolute atomic E-state index is 8.56. The van der Waals surface area contributed by atoms with Crippen molar-refractivity contribution >= 4 is 8.07 Å². The van der Waals surface area contributed by atoms with Crippen LogP contribution >= 0.6 is 0 Å². The number of rotatable bonds is 5. The van der Waals surface area contributed by atoms with Gasteiger partial charge in [-0.3, -0.25) is 0 Å². The molecular formula is C10H17N3OSi. The second kappa shape index (κ2) is 5.10. The lowest BCUT2D eigenvalue weighted by Crippen LogP contribution is -2.21. The molecule has 4 nitrogen and oxygen atoms in total. The molecule has 0 bridgehead atoms. The maximum Gasteiger partial charge on any atom is 0.158 e. The summed E-state index contributed by atoms with van der Waals surface area (Å²) in [4.78, 5) is 6.94. The molecule has 0 fully saturated rings. The number of aromatic amines is 1. The van der Waals surface area contributed by atoms with E-state index in [9.17, 15) is 0 Å². The molecule has 1 heterocycles. The molecule has 0 spiro atoms. The Morgan fingerprint density at radius 2 is 2.27 bits per heavy atom. The van der Waals surface area contributed by atoms with Gasteiger partial charge in [-0.05, 0) is 6.04 Å². The topological polar surface area (TPSA) is 61.7 Å². The zero-order valence-corrected chi connectivity index (χ0v) is 10.5. The summed E-state index contributed by atoms with van der Waals surface area (Å²) in [5.41, 5.74) is 0.416. The van der Waals surface area contributed by atoms with Crippen LogP contribution < -0.4 is 0 Å². The standard InChI is InChI=1S/C10H17N3OSi/c1-15(2,3)5-4-14-8-10-12-7-9(6-11)13-10/h7H,4-5,8H2,1-3H3,(H,12,13). The van der Waals surface area contributed by atoms with E-state index in [0.29, 0.717) is 12.3 Å². The highest BCUT2D eigenvalue weighted by Gasteiger charge is 2.12. The lowest BCUT2D eigenvalue weighted by Gasteiger charge is -2.14. The molecule has 0 radical (unpaired) electrons. The van der Waals surface area contributed by atoms with Gasteiger partial charge in [-0.1, -0.05) is 19.6 Å². The van der Waals surface area contributed by atoms with Gasteiger partial charge in [0, 0.05) is 20.9 Å². The van der Waals surface area contributed by atoms with Crippen LogP contribution in [0.2, 0.25) is 25.7 Å². The van der Waals surface area contributed by atoms with Gasteiger partial charge in [0.25, 0.3) is 0 Å². The van der Waals surface area contributed by atoms with E-state index in [0.717, 1.165) is 18.5 Å². The molecule has 1 N–H and O–H groups in total. The Morgan fingerprint density at radius 1 is 1.53 bits per heavy atom. The molecule has 0 aliphatic carbocycles. The smallest absolute Gasteiger partial charge is 0.158 e. The van der Waals surface area contributed by atoms with Crippen molar-refractivity contribution in [3.05, 3.63) is 17.7 Å². The van der Waals surface area contributed by atoms with Gasteiger partial charge in [-0.2, -0.15) is 5.26 Å². The monoisotopic (exact) mass is 223 g/mol. The van der Waals surface area contributed by atoms with Crippen LogP contribution in [-0.2, 0) is 11.3 Å². The van der Waals surface area contributed by atoms with Crippen molar-refractivity contribution in [3.63, 3.8) is 0 Å². The Bertz CT molecular complexity index is 348. The summed E-state index contributed by atoms with van der Waals surface area (Å²) < 4.78 is 5.49. The maximum atomic E-state index is 8.56. The van der Waals surface area contributed by atoms with E-state index in [1.807, 2.05) is 6.07 Å². The van der Waals surface area contributed by atoms with Gasteiger partial charge in [0.2, 0.25) is 0 Å². The van der Waals surface area contributed by atoms with Gasteiger partial charge in [-0.25, -0.2) is 4.98 Å². The normalized spacial score (nSPS) is 11.3. The molecule has 0 aliphatic rings. The van der Waals surface area contributed by atoms with E-state index in [-0.39, 0.29) is 0 Å². The van der Waals surface area contributed by atoms with Crippen LogP contribution in [-0.4, -0.2) is 24.6 Å². The minimum Gasteiger partial charge on any atom is -0.374 e. The van der Waals surface area contributed by atoms with Crippen LogP contribution in [0.25, 0.3) is 0 Å². The number of hydrogen-bond donors (Lipinski definition) is 1. The van der Waals surface area contributed by atoms with Gasteiger partial charge in [0.15, 0.2) is 5.69 Å². The van der Waals surface area contributed by atoms with E-state index in [1.165, 1.54) is 0 Å². The molecule has 0 saturated carbocycles. The Balaban J connectivity index is 2.24. The highest BCUT2D eigenvalue weighted by Crippen LogP contribution is 2.08. The fourth-order valence-corrected chi connectivity index (χ4v) is 1.80. The summed E-state index contributed by atoms with van der Waals surface area (Å²) in [6.45, 7) is 8.19. The van der Waals surface area contributed by atoms with Crippen molar-refractivity contribution in [3.8, 4) is 6.07 Å². The summed E-state index contributed by atoms with van der Waals surface area (Å²) in [6.07, 6.45) is 1.59. The SMILES string of the molecule is C[Si](C)(C)CCOCc1nc(C#N)c[nH]1. The molecule has 0 aromatic carbocycles. The first-order valence-electron chi connectivity index (χ1n) is 5.03. The van der Waals surface area contributed by atoms with Gasteiger partial charge in [0.1, 0.15) is 18.5 Å². The average molecular weight is 223 g/mol. The first kappa shape index (κ1) is 11.9. The first-order valence-corrected chi connectivity index (χ1v) is 8.74. The molecular weight excluding hydrogens is 206 g/mol. The highest BCUT2D eigenvalue weighted by atomic mass is 28.3. The molecule has 82 valence electrons. The van der Waals surface area contributed by atoms with Crippen molar-refractivity contribution in [1.29, 1.82) is 5.26 Å². The molecule has 1 aromatic heterocycles. The highest BCUT2D eigenvalue weighted by molar-refractivity contribution is 6.76. The van der Waals surface area contributed by atoms with E-state index in [4.69, 9.17) is 10.00 Å². The van der Waals surface area contributed by atoms with E-state index in [2.05, 4.69) is 29.6 Å². The number of H-pyrrole nitrogens is 1. The van der Waals surface area contributed by atoms with Gasteiger partial charge < -0.3 is 9.72 Å². The Kier molecular flexibility index (Phi) is 4.06. The second-order valence-corrected chi connectivity index (χ2v) is 10.3. The number of aromatic nitrogens is 2. The van der Waals surface area contributed by atoms with Crippen molar-refractivity contribution in [1.82, 2.24) is 9.97 Å². The molecule has 1 aromatic rings. The summed E-state index contributed by atoms with van der Waals surface area (Å²) in [5.74, 6) is 0.724. The summed E-state index contributed by atoms with van der Waals surface area (Å²) >= 11 is 0. The molecule has 0 unspecified atom stereocenters. The zero-order chi connectivity index (χ0) is 11.3. The van der Waals surface area contributed by atoms with Gasteiger partial charge >= 0.3 is 0 Å². The lowest BCUT2D eigenvalue weighted by atomic mass is 10.5. The number of nitriles is 1. The Labute approximate surface area is 91.3 Å². The first-order chi connectivity index (χ1) is 7.01. The van der Waals surface area contributed by atoms with Crippen LogP contribution in [0.3, 0.4) is 0 Å². The third-order valence-electron chi connectivity index (χ3n) is 1.98. The number of imidazole rings is 1. The molecule has 15 heavy (non-hydrogen) atoms. The summed E-state index contributed by atoms with van der Waals surface area (Å²) in [5, 5.41) is 8.56. The Hall–Kier alpha value is -1.12. The third-order valence-corrected chi connectivity index (χ3v) is 3.68. The van der Waals surface area contributed by atoms with Gasteiger partial charge in [-0.15, -0.1) is 0 Å². The predicted molar refractivity (Wildman–Crippen MR) is 61.1 cm³/mol. The molecule has 0 amide bonds. The van der Waals surface area contributed by atoms with Crippen molar-refractivity contribution in [2.45, 2.75) is 32.3 Å². The summed E-state index contributed by atoms with van der Waals surface area (Å²) in [7, 11) is -1.01. The zero-order valence-electron chi connectivity index (χ0n) is 9.50. The number of nitrogens with zero attached hydrogens (tertiary/aromatic N) is 2. The van der Waals surface area contributed by atoms with E-state index >= 15 is 0 Å². The third kappa shape index (κ3) is 4.77. The minimum absolute atomic E-state index is 0.416. The Morgan fingerprint density at radius 3 is 2.80 bits per heavy atom. The summed E-state index contributed by atoms with van der Waals surface area (Å²) in [6, 6.07) is 3.12. The van der Waals surface area contributed by atoms with E-state index in [1.54, 1.807) is 6.20 Å². The van der Waals surface area contributed by atoms with Crippen LogP contribution in [0.5, 0.6) is 0 Å². The van der Waals surface area contributed by atoms with E-state index < -0.39 is 8.07 Å². The number of ether oxygens (including phenoxy) is 1. The van der Waals surface area contributed by atoms with Crippen molar-refractivity contribution < 1.29 is 4.74 Å². The minimum atomic E-state index is -1.01. The van der Waals surface area contributed by atoms with Crippen LogP contribution in [0.15, 0.2) is 6.20 Å². The molecule has 0 saturated heterocycles. The number of nitrogens with one attached hydrogen (secondary N) is 1. The molecule has 0 aliphatic heterocycles. The largest absolute Gasteiger partial charge is 0.374 e. The molecule has 5 heteroatoms. The molecule has 1 rings (SSSR count). The quantitative estimate of drug-likeness (QED) is 0.614. The van der Waals surface area contributed by atoms with Crippen molar-refractivity contribution in [2.24, 2.45) is 0 Å². The van der Waals surface area contributed by atoms with Gasteiger partial charge in [0.05, 0.1) is 0 Å². The van der Waals surface area contributed by atoms with Crippen LogP contribution in [0.4, 0.5) is 0 Å². The fourth-order valence-electron chi connectivity index (χ4n) is 1.04. The van der Waals surface area contributed by atoms with Crippen LogP contribution in [0, 0.1) is 11.3 Å². The lowest BCUT2D eigenvalue weighted by molar-refractivity contribution is 0.128. The predicted octanol–water partition coefficient (Wildman–Crippen LogP) is 2.14.